The molecule has 142 valence electrons. The summed E-state index contributed by atoms with van der Waals surface area (Å²) in [5, 5.41) is 10.3. The summed E-state index contributed by atoms with van der Waals surface area (Å²) < 4.78 is 0. The van der Waals surface area contributed by atoms with Crippen LogP contribution in [0.1, 0.15) is 41.8 Å². The molecule has 0 saturated carbocycles. The zero-order chi connectivity index (χ0) is 20.1. The summed E-state index contributed by atoms with van der Waals surface area (Å²) in [6, 6.07) is 18.6. The van der Waals surface area contributed by atoms with Crippen molar-refractivity contribution >= 4 is 17.9 Å². The molecule has 0 aromatic heterocycles. The third-order valence-electron chi connectivity index (χ3n) is 5.17. The molecule has 28 heavy (non-hydrogen) atoms. The van der Waals surface area contributed by atoms with Gasteiger partial charge in [0.15, 0.2) is 5.54 Å². The molecule has 5 heteroatoms. The van der Waals surface area contributed by atoms with Crippen LogP contribution in [0.2, 0.25) is 0 Å². The van der Waals surface area contributed by atoms with Crippen molar-refractivity contribution in [1.82, 2.24) is 9.80 Å². The van der Waals surface area contributed by atoms with Crippen LogP contribution in [0, 0.1) is 11.3 Å². The molecule has 1 heterocycles. The second-order valence-corrected chi connectivity index (χ2v) is 6.66. The molecule has 1 aliphatic rings. The van der Waals surface area contributed by atoms with Crippen LogP contribution in [0.3, 0.4) is 0 Å². The van der Waals surface area contributed by atoms with Gasteiger partial charge in [0.1, 0.15) is 0 Å². The molecule has 0 aliphatic carbocycles. The largest absolute Gasteiger partial charge is 0.343 e. The third-order valence-corrected chi connectivity index (χ3v) is 5.17. The molecule has 5 nitrogen and oxygen atoms in total. The van der Waals surface area contributed by atoms with Crippen LogP contribution >= 0.6 is 0 Å². The lowest BCUT2D eigenvalue weighted by atomic mass is 9.80. The van der Waals surface area contributed by atoms with Crippen molar-refractivity contribution in [2.75, 3.05) is 13.1 Å². The first kappa shape index (κ1) is 19.4. The second-order valence-electron chi connectivity index (χ2n) is 6.66. The molecule has 3 rings (SSSR count). The number of hydrogen-bond acceptors (Lipinski definition) is 3. The van der Waals surface area contributed by atoms with E-state index < -0.39 is 5.54 Å². The lowest BCUT2D eigenvalue weighted by Crippen LogP contribution is -2.50. The van der Waals surface area contributed by atoms with Gasteiger partial charge < -0.3 is 4.90 Å². The van der Waals surface area contributed by atoms with Crippen LogP contribution in [0.25, 0.3) is 6.08 Å². The van der Waals surface area contributed by atoms with E-state index in [-0.39, 0.29) is 18.2 Å². The number of hydrogen-bond donors (Lipinski definition) is 0. The van der Waals surface area contributed by atoms with Crippen LogP contribution < -0.4 is 0 Å². The Balaban J connectivity index is 2.12. The van der Waals surface area contributed by atoms with E-state index in [0.717, 1.165) is 5.56 Å². The molecule has 2 aromatic carbocycles. The van der Waals surface area contributed by atoms with E-state index in [0.29, 0.717) is 24.2 Å². The summed E-state index contributed by atoms with van der Waals surface area (Å²) in [6.45, 7) is 4.92. The fraction of sp³-hybridized carbons (Fsp3) is 0.261. The van der Waals surface area contributed by atoms with E-state index in [1.54, 1.807) is 35.4 Å². The summed E-state index contributed by atoms with van der Waals surface area (Å²) in [5.74, 6) is -0.456. The van der Waals surface area contributed by atoms with E-state index in [1.807, 2.05) is 50.3 Å². The number of benzene rings is 2. The fourth-order valence-electron chi connectivity index (χ4n) is 3.63. The normalized spacial score (nSPS) is 17.5. The monoisotopic (exact) mass is 373 g/mol. The van der Waals surface area contributed by atoms with Crippen molar-refractivity contribution in [2.24, 2.45) is 0 Å². The number of carbonyl (C=O) groups is 2. The minimum Gasteiger partial charge on any atom is -0.343 e. The second kappa shape index (κ2) is 8.10. The Bertz CT molecular complexity index is 942. The van der Waals surface area contributed by atoms with Crippen LogP contribution in [0.4, 0.5) is 0 Å². The van der Waals surface area contributed by atoms with Gasteiger partial charge in [0.25, 0.3) is 5.91 Å². The van der Waals surface area contributed by atoms with Gasteiger partial charge in [0.05, 0.1) is 12.5 Å². The van der Waals surface area contributed by atoms with Crippen molar-refractivity contribution in [2.45, 2.75) is 25.8 Å². The lowest BCUT2D eigenvalue weighted by Gasteiger charge is -2.40. The zero-order valence-corrected chi connectivity index (χ0v) is 16.1. The molecule has 2 aromatic rings. The Morgan fingerprint density at radius 2 is 1.68 bits per heavy atom. The van der Waals surface area contributed by atoms with Crippen LogP contribution in [0.15, 0.2) is 60.8 Å². The molecule has 0 unspecified atom stereocenters. The smallest absolute Gasteiger partial charge is 0.259 e. The zero-order valence-electron chi connectivity index (χ0n) is 16.1. The lowest BCUT2D eigenvalue weighted by molar-refractivity contribution is -0.132. The van der Waals surface area contributed by atoms with E-state index in [4.69, 9.17) is 0 Å². The first-order chi connectivity index (χ1) is 13.6. The van der Waals surface area contributed by atoms with Gasteiger partial charge in [-0.05, 0) is 37.6 Å². The number of nitriles is 1. The van der Waals surface area contributed by atoms with Gasteiger partial charge in [-0.15, -0.1) is 0 Å². The Morgan fingerprint density at radius 3 is 2.32 bits per heavy atom. The molecule has 0 spiro atoms. The van der Waals surface area contributed by atoms with Gasteiger partial charge in [0, 0.05) is 30.4 Å². The molecule has 2 amide bonds. The van der Waals surface area contributed by atoms with Crippen molar-refractivity contribution in [3.8, 4) is 6.07 Å². The molecule has 1 aliphatic heterocycles. The predicted molar refractivity (Wildman–Crippen MR) is 108 cm³/mol. The first-order valence-electron chi connectivity index (χ1n) is 9.42. The van der Waals surface area contributed by atoms with E-state index >= 15 is 0 Å². The maximum Gasteiger partial charge on any atom is 0.259 e. The van der Waals surface area contributed by atoms with Gasteiger partial charge in [0.2, 0.25) is 5.91 Å². The standard InChI is InChI=1S/C23H23N3O2/c1-3-25(4-2)21(27)16-23(17-24)20-13-9-8-10-18(20)14-15-26(23)22(28)19-11-6-5-7-12-19/h5-15H,3-4,16H2,1-2H3/t23-/m1/s1. The average molecular weight is 373 g/mol. The SMILES string of the molecule is CCN(CC)C(=O)C[C@@]1(C#N)c2ccccc2C=CN1C(=O)c1ccccc1. The molecule has 0 N–H and O–H groups in total. The molecular formula is C23H23N3O2. The summed E-state index contributed by atoms with van der Waals surface area (Å²) in [7, 11) is 0. The first-order valence-corrected chi connectivity index (χ1v) is 9.42. The van der Waals surface area contributed by atoms with Gasteiger partial charge in [-0.3, -0.25) is 14.5 Å². The number of rotatable bonds is 5. The van der Waals surface area contributed by atoms with Gasteiger partial charge >= 0.3 is 0 Å². The highest BCUT2D eigenvalue weighted by atomic mass is 16.2. The maximum absolute atomic E-state index is 13.3. The quantitative estimate of drug-likeness (QED) is 0.801. The van der Waals surface area contributed by atoms with Crippen LogP contribution in [-0.4, -0.2) is 34.7 Å². The molecule has 0 radical (unpaired) electrons. The average Bonchev–Trinajstić information content (AvgIpc) is 2.75. The van der Waals surface area contributed by atoms with Crippen LogP contribution in [-0.2, 0) is 10.3 Å². The highest BCUT2D eigenvalue weighted by Crippen LogP contribution is 2.40. The Kier molecular flexibility index (Phi) is 5.60. The molecule has 0 bridgehead atoms. The Morgan fingerprint density at radius 1 is 1.04 bits per heavy atom. The van der Waals surface area contributed by atoms with Gasteiger partial charge in [-0.2, -0.15) is 5.26 Å². The summed E-state index contributed by atoms with van der Waals surface area (Å²) in [6.07, 6.45) is 3.34. The number of fused-ring (bicyclic) bond motifs is 1. The summed E-state index contributed by atoms with van der Waals surface area (Å²) in [4.78, 5) is 29.3. The molecule has 1 atom stereocenters. The molecular weight excluding hydrogens is 350 g/mol. The van der Waals surface area contributed by atoms with Crippen LogP contribution in [0.5, 0.6) is 0 Å². The number of amides is 2. The highest BCUT2D eigenvalue weighted by molar-refractivity contribution is 5.97. The topological polar surface area (TPSA) is 64.4 Å². The van der Waals surface area contributed by atoms with E-state index in [2.05, 4.69) is 6.07 Å². The predicted octanol–water partition coefficient (Wildman–Crippen LogP) is 3.79. The van der Waals surface area contributed by atoms with E-state index in [9.17, 15) is 14.9 Å². The van der Waals surface area contributed by atoms with Crippen molar-refractivity contribution < 1.29 is 9.59 Å². The minimum atomic E-state index is -1.39. The number of nitrogens with zero attached hydrogens (tertiary/aromatic N) is 3. The third kappa shape index (κ3) is 3.29. The minimum absolute atomic E-state index is 0.0922. The molecule has 0 fully saturated rings. The van der Waals surface area contributed by atoms with Crippen molar-refractivity contribution in [3.05, 3.63) is 77.5 Å². The van der Waals surface area contributed by atoms with Gasteiger partial charge in [-0.25, -0.2) is 0 Å². The Hall–Kier alpha value is -3.39. The number of carbonyl (C=O) groups excluding carboxylic acids is 2. The summed E-state index contributed by atoms with van der Waals surface area (Å²) in [5.41, 5.74) is 0.595. The van der Waals surface area contributed by atoms with Gasteiger partial charge in [-0.1, -0.05) is 42.5 Å². The maximum atomic E-state index is 13.3. The van der Waals surface area contributed by atoms with E-state index in [1.165, 1.54) is 4.90 Å². The summed E-state index contributed by atoms with van der Waals surface area (Å²) >= 11 is 0. The van der Waals surface area contributed by atoms with Crippen molar-refractivity contribution in [3.63, 3.8) is 0 Å². The van der Waals surface area contributed by atoms with Crippen molar-refractivity contribution in [1.29, 1.82) is 5.26 Å². The molecule has 0 saturated heterocycles. The Labute approximate surface area is 165 Å². The fourth-order valence-corrected chi connectivity index (χ4v) is 3.63. The highest BCUT2D eigenvalue weighted by Gasteiger charge is 2.46.